The predicted octanol–water partition coefficient (Wildman–Crippen LogP) is 5.42. The van der Waals surface area contributed by atoms with Crippen LogP contribution in [0.1, 0.15) is 22.4 Å². The van der Waals surface area contributed by atoms with Crippen LogP contribution < -0.4 is 5.56 Å². The summed E-state index contributed by atoms with van der Waals surface area (Å²) in [6.45, 7) is 1.80. The molecular weight excluding hydrogens is 406 g/mol. The van der Waals surface area contributed by atoms with Gasteiger partial charge in [-0.3, -0.25) is 9.36 Å². The average molecular weight is 423 g/mol. The highest BCUT2D eigenvalue weighted by Gasteiger charge is 2.14. The molecule has 3 aromatic rings. The van der Waals surface area contributed by atoms with E-state index in [0.717, 1.165) is 11.1 Å². The van der Waals surface area contributed by atoms with Crippen molar-refractivity contribution in [1.82, 2.24) is 9.55 Å². The number of hydrogen-bond acceptors (Lipinski definition) is 3. The SMILES string of the molecule is Cc1nc(SCc2ccc(Cl)cc2Cl)n(C)c(=O)c1Cc1cccc(F)c1. The van der Waals surface area contributed by atoms with E-state index in [-0.39, 0.29) is 11.4 Å². The highest BCUT2D eigenvalue weighted by Crippen LogP contribution is 2.27. The van der Waals surface area contributed by atoms with Gasteiger partial charge in [-0.25, -0.2) is 9.37 Å². The summed E-state index contributed by atoms with van der Waals surface area (Å²) in [5, 5.41) is 1.77. The number of aromatic nitrogens is 2. The Hall–Kier alpha value is -1.82. The van der Waals surface area contributed by atoms with Crippen molar-refractivity contribution in [2.75, 3.05) is 0 Å². The summed E-state index contributed by atoms with van der Waals surface area (Å²) in [7, 11) is 1.69. The van der Waals surface area contributed by atoms with Gasteiger partial charge in [0.05, 0.1) is 0 Å². The number of aryl methyl sites for hydroxylation is 1. The molecule has 0 aliphatic rings. The van der Waals surface area contributed by atoms with E-state index < -0.39 is 0 Å². The topological polar surface area (TPSA) is 34.9 Å². The normalized spacial score (nSPS) is 11.0. The van der Waals surface area contributed by atoms with E-state index in [2.05, 4.69) is 4.98 Å². The fourth-order valence-corrected chi connectivity index (χ4v) is 4.26. The first-order valence-electron chi connectivity index (χ1n) is 8.23. The lowest BCUT2D eigenvalue weighted by atomic mass is 10.1. The van der Waals surface area contributed by atoms with Crippen molar-refractivity contribution in [2.45, 2.75) is 24.3 Å². The molecule has 0 bridgehead atoms. The fourth-order valence-electron chi connectivity index (χ4n) is 2.69. The maximum atomic E-state index is 13.4. The van der Waals surface area contributed by atoms with Gasteiger partial charge < -0.3 is 0 Å². The Morgan fingerprint density at radius 3 is 2.67 bits per heavy atom. The van der Waals surface area contributed by atoms with E-state index in [0.29, 0.717) is 38.6 Å². The molecule has 0 spiro atoms. The molecular formula is C20H17Cl2FN2OS. The minimum absolute atomic E-state index is 0.128. The zero-order valence-electron chi connectivity index (χ0n) is 14.8. The Morgan fingerprint density at radius 1 is 1.19 bits per heavy atom. The summed E-state index contributed by atoms with van der Waals surface area (Å²) in [6.07, 6.45) is 0.344. The third-order valence-electron chi connectivity index (χ3n) is 4.19. The smallest absolute Gasteiger partial charge is 0.257 e. The van der Waals surface area contributed by atoms with Gasteiger partial charge in [-0.2, -0.15) is 0 Å². The highest BCUT2D eigenvalue weighted by atomic mass is 35.5. The van der Waals surface area contributed by atoms with Crippen molar-refractivity contribution in [3.63, 3.8) is 0 Å². The summed E-state index contributed by atoms with van der Waals surface area (Å²) in [4.78, 5) is 17.4. The third-order valence-corrected chi connectivity index (χ3v) is 5.86. The molecule has 3 rings (SSSR count). The van der Waals surface area contributed by atoms with Gasteiger partial charge in [0.2, 0.25) is 0 Å². The molecule has 3 nitrogen and oxygen atoms in total. The molecule has 7 heteroatoms. The molecule has 1 heterocycles. The van der Waals surface area contributed by atoms with E-state index in [1.165, 1.54) is 28.5 Å². The number of rotatable bonds is 5. The number of hydrogen-bond donors (Lipinski definition) is 0. The van der Waals surface area contributed by atoms with Gasteiger partial charge in [0.1, 0.15) is 5.82 Å². The van der Waals surface area contributed by atoms with E-state index in [1.54, 1.807) is 38.2 Å². The maximum absolute atomic E-state index is 13.4. The van der Waals surface area contributed by atoms with Gasteiger partial charge in [0.15, 0.2) is 5.16 Å². The zero-order chi connectivity index (χ0) is 19.6. The van der Waals surface area contributed by atoms with Crippen LogP contribution in [0.15, 0.2) is 52.4 Å². The quantitative estimate of drug-likeness (QED) is 0.406. The Labute approximate surface area is 171 Å². The van der Waals surface area contributed by atoms with Crippen molar-refractivity contribution in [2.24, 2.45) is 7.05 Å². The van der Waals surface area contributed by atoms with Crippen LogP contribution in [0.2, 0.25) is 10.0 Å². The van der Waals surface area contributed by atoms with Crippen LogP contribution in [0.4, 0.5) is 4.39 Å². The molecule has 0 N–H and O–H groups in total. The Balaban J connectivity index is 1.85. The molecule has 0 atom stereocenters. The van der Waals surface area contributed by atoms with E-state index in [4.69, 9.17) is 23.2 Å². The molecule has 0 fully saturated rings. The molecule has 0 saturated heterocycles. The van der Waals surface area contributed by atoms with Crippen molar-refractivity contribution in [1.29, 1.82) is 0 Å². The summed E-state index contributed by atoms with van der Waals surface area (Å²) >= 11 is 13.6. The second-order valence-electron chi connectivity index (χ2n) is 6.15. The average Bonchev–Trinajstić information content (AvgIpc) is 2.62. The molecule has 0 unspecified atom stereocenters. The zero-order valence-corrected chi connectivity index (χ0v) is 17.1. The van der Waals surface area contributed by atoms with Crippen LogP contribution in [0.25, 0.3) is 0 Å². The van der Waals surface area contributed by atoms with Gasteiger partial charge in [-0.05, 0) is 42.3 Å². The highest BCUT2D eigenvalue weighted by molar-refractivity contribution is 7.98. The second kappa shape index (κ2) is 8.46. The van der Waals surface area contributed by atoms with E-state index in [9.17, 15) is 9.18 Å². The van der Waals surface area contributed by atoms with E-state index in [1.807, 2.05) is 6.07 Å². The molecule has 1 aromatic heterocycles. The molecule has 0 aliphatic carbocycles. The molecule has 0 aliphatic heterocycles. The minimum atomic E-state index is -0.318. The largest absolute Gasteiger partial charge is 0.291 e. The third kappa shape index (κ3) is 4.72. The molecule has 0 radical (unpaired) electrons. The van der Waals surface area contributed by atoms with Gasteiger partial charge in [0, 0.05) is 40.5 Å². The Kier molecular flexibility index (Phi) is 6.25. The van der Waals surface area contributed by atoms with Crippen LogP contribution in [0.3, 0.4) is 0 Å². The predicted molar refractivity (Wildman–Crippen MR) is 109 cm³/mol. The summed E-state index contributed by atoms with van der Waals surface area (Å²) in [5.74, 6) is 0.251. The molecule has 0 amide bonds. The summed E-state index contributed by atoms with van der Waals surface area (Å²) in [6, 6.07) is 11.6. The fraction of sp³-hybridized carbons (Fsp3) is 0.200. The number of benzene rings is 2. The Bertz CT molecular complexity index is 1050. The molecule has 27 heavy (non-hydrogen) atoms. The number of thioether (sulfide) groups is 1. The van der Waals surface area contributed by atoms with Crippen molar-refractivity contribution >= 4 is 35.0 Å². The van der Waals surface area contributed by atoms with Gasteiger partial charge >= 0.3 is 0 Å². The standard InChI is InChI=1S/C20H17Cl2FN2OS/c1-12-17(9-13-4-3-5-16(23)8-13)19(26)25(2)20(24-12)27-11-14-6-7-15(21)10-18(14)22/h3-8,10H,9,11H2,1-2H3. The lowest BCUT2D eigenvalue weighted by Gasteiger charge is -2.12. The molecule has 140 valence electrons. The van der Waals surface area contributed by atoms with Crippen LogP contribution in [-0.2, 0) is 19.2 Å². The molecule has 2 aromatic carbocycles. The van der Waals surface area contributed by atoms with Crippen LogP contribution >= 0.6 is 35.0 Å². The summed E-state index contributed by atoms with van der Waals surface area (Å²) in [5.41, 5.74) is 2.74. The van der Waals surface area contributed by atoms with Gasteiger partial charge in [0.25, 0.3) is 5.56 Å². The monoisotopic (exact) mass is 422 g/mol. The van der Waals surface area contributed by atoms with Crippen molar-refractivity contribution in [3.8, 4) is 0 Å². The minimum Gasteiger partial charge on any atom is -0.291 e. The van der Waals surface area contributed by atoms with Crippen molar-refractivity contribution < 1.29 is 4.39 Å². The van der Waals surface area contributed by atoms with Crippen molar-refractivity contribution in [3.05, 3.63) is 91.1 Å². The lowest BCUT2D eigenvalue weighted by Crippen LogP contribution is -2.25. The van der Waals surface area contributed by atoms with Gasteiger partial charge in [-0.1, -0.05) is 53.2 Å². The Morgan fingerprint density at radius 2 is 1.96 bits per heavy atom. The van der Waals surface area contributed by atoms with Crippen LogP contribution in [-0.4, -0.2) is 9.55 Å². The second-order valence-corrected chi connectivity index (χ2v) is 7.94. The first kappa shape index (κ1) is 19.9. The number of halogens is 3. The van der Waals surface area contributed by atoms with Crippen LogP contribution in [0, 0.1) is 12.7 Å². The first-order valence-corrected chi connectivity index (χ1v) is 9.97. The molecule has 0 saturated carbocycles. The number of nitrogens with zero attached hydrogens (tertiary/aromatic N) is 2. The van der Waals surface area contributed by atoms with Crippen LogP contribution in [0.5, 0.6) is 0 Å². The maximum Gasteiger partial charge on any atom is 0.257 e. The first-order chi connectivity index (χ1) is 12.8. The van der Waals surface area contributed by atoms with E-state index >= 15 is 0 Å². The van der Waals surface area contributed by atoms with Gasteiger partial charge in [-0.15, -0.1) is 0 Å². The lowest BCUT2D eigenvalue weighted by molar-refractivity contribution is 0.625. The summed E-state index contributed by atoms with van der Waals surface area (Å²) < 4.78 is 14.9.